The van der Waals surface area contributed by atoms with Crippen LogP contribution in [0.15, 0.2) is 30.5 Å². The van der Waals surface area contributed by atoms with E-state index in [2.05, 4.69) is 9.55 Å². The number of rotatable bonds is 3. The average Bonchev–Trinajstić information content (AvgIpc) is 2.81. The second-order valence-corrected chi connectivity index (χ2v) is 5.15. The number of aliphatic carboxylic acids is 1. The average molecular weight is 274 g/mol. The number of hydrogen-bond donors (Lipinski definition) is 1. The number of carboxylic acid groups (broad SMARTS) is 1. The van der Waals surface area contributed by atoms with Crippen molar-refractivity contribution in [2.45, 2.75) is 25.8 Å². The lowest BCUT2D eigenvalue weighted by atomic mass is 9.96. The molecule has 0 saturated carbocycles. The highest BCUT2D eigenvalue weighted by molar-refractivity contribution is 5.70. The summed E-state index contributed by atoms with van der Waals surface area (Å²) in [5.74, 6) is -0.446. The van der Waals surface area contributed by atoms with E-state index in [1.165, 1.54) is 12.1 Å². The fraction of sp³-hybridized carbons (Fsp3) is 0.333. The minimum Gasteiger partial charge on any atom is -0.481 e. The van der Waals surface area contributed by atoms with Crippen LogP contribution in [-0.2, 0) is 24.2 Å². The first-order valence-electron chi connectivity index (χ1n) is 6.64. The third kappa shape index (κ3) is 2.43. The molecule has 2 aromatic rings. The highest BCUT2D eigenvalue weighted by atomic mass is 19.1. The van der Waals surface area contributed by atoms with Crippen LogP contribution in [0.1, 0.15) is 23.5 Å². The summed E-state index contributed by atoms with van der Waals surface area (Å²) >= 11 is 0. The standard InChI is InChI=1S/C15H15FN2O2/c16-12-3-1-2-10(6-12)7-14-17-9-13-8-11(15(19)20)4-5-18(13)14/h1-3,6,9,11H,4-5,7-8H2,(H,19,20). The van der Waals surface area contributed by atoms with Gasteiger partial charge in [-0.05, 0) is 24.1 Å². The molecule has 2 heterocycles. The van der Waals surface area contributed by atoms with Crippen LogP contribution in [0.3, 0.4) is 0 Å². The first-order chi connectivity index (χ1) is 9.63. The zero-order chi connectivity index (χ0) is 14.1. The summed E-state index contributed by atoms with van der Waals surface area (Å²) in [5, 5.41) is 9.07. The number of halogens is 1. The lowest BCUT2D eigenvalue weighted by Crippen LogP contribution is -2.26. The van der Waals surface area contributed by atoms with Crippen LogP contribution < -0.4 is 0 Å². The molecule has 104 valence electrons. The van der Waals surface area contributed by atoms with Crippen molar-refractivity contribution in [3.8, 4) is 0 Å². The highest BCUT2D eigenvalue weighted by Crippen LogP contribution is 2.23. The Labute approximate surface area is 115 Å². The number of imidazole rings is 1. The first kappa shape index (κ1) is 12.8. The molecule has 20 heavy (non-hydrogen) atoms. The minimum absolute atomic E-state index is 0.251. The van der Waals surface area contributed by atoms with Gasteiger partial charge in [0.2, 0.25) is 0 Å². The van der Waals surface area contributed by atoms with Gasteiger partial charge >= 0.3 is 5.97 Å². The van der Waals surface area contributed by atoms with Gasteiger partial charge in [-0.3, -0.25) is 4.79 Å². The van der Waals surface area contributed by atoms with Crippen LogP contribution in [0.5, 0.6) is 0 Å². The number of carbonyl (C=O) groups is 1. The van der Waals surface area contributed by atoms with Gasteiger partial charge in [-0.25, -0.2) is 9.37 Å². The first-order valence-corrected chi connectivity index (χ1v) is 6.64. The normalized spacial score (nSPS) is 17.8. The van der Waals surface area contributed by atoms with E-state index < -0.39 is 5.97 Å². The molecular formula is C15H15FN2O2. The molecular weight excluding hydrogens is 259 g/mol. The van der Waals surface area contributed by atoms with Gasteiger partial charge in [0.25, 0.3) is 0 Å². The van der Waals surface area contributed by atoms with Gasteiger partial charge in [-0.1, -0.05) is 12.1 Å². The van der Waals surface area contributed by atoms with Crippen LogP contribution in [0.25, 0.3) is 0 Å². The smallest absolute Gasteiger partial charge is 0.306 e. The summed E-state index contributed by atoms with van der Waals surface area (Å²) in [6, 6.07) is 6.48. The Hall–Kier alpha value is -2.17. The maximum absolute atomic E-state index is 13.2. The Morgan fingerprint density at radius 1 is 1.50 bits per heavy atom. The molecule has 1 aliphatic heterocycles. The molecule has 0 bridgehead atoms. The lowest BCUT2D eigenvalue weighted by molar-refractivity contribution is -0.142. The summed E-state index contributed by atoms with van der Waals surface area (Å²) in [7, 11) is 0. The van der Waals surface area contributed by atoms with Gasteiger partial charge < -0.3 is 9.67 Å². The van der Waals surface area contributed by atoms with Gasteiger partial charge in [-0.2, -0.15) is 0 Å². The van der Waals surface area contributed by atoms with E-state index in [4.69, 9.17) is 5.11 Å². The Morgan fingerprint density at radius 2 is 2.35 bits per heavy atom. The van der Waals surface area contributed by atoms with Crippen molar-refractivity contribution < 1.29 is 14.3 Å². The molecule has 1 aromatic heterocycles. The van der Waals surface area contributed by atoms with Crippen LogP contribution in [-0.4, -0.2) is 20.6 Å². The van der Waals surface area contributed by atoms with Crippen molar-refractivity contribution in [3.63, 3.8) is 0 Å². The summed E-state index contributed by atoms with van der Waals surface area (Å²) in [4.78, 5) is 15.4. The van der Waals surface area contributed by atoms with Crippen molar-refractivity contribution in [1.29, 1.82) is 0 Å². The Bertz CT molecular complexity index is 651. The Morgan fingerprint density at radius 3 is 3.10 bits per heavy atom. The van der Waals surface area contributed by atoms with Gasteiger partial charge in [0.15, 0.2) is 0 Å². The number of fused-ring (bicyclic) bond motifs is 1. The molecule has 1 unspecified atom stereocenters. The molecule has 0 aliphatic carbocycles. The van der Waals surface area contributed by atoms with E-state index >= 15 is 0 Å². The highest BCUT2D eigenvalue weighted by Gasteiger charge is 2.26. The molecule has 0 saturated heterocycles. The summed E-state index contributed by atoms with van der Waals surface area (Å²) in [5.41, 5.74) is 1.83. The van der Waals surface area contributed by atoms with E-state index in [0.717, 1.165) is 17.1 Å². The summed E-state index contributed by atoms with van der Waals surface area (Å²) < 4.78 is 15.2. The van der Waals surface area contributed by atoms with E-state index in [-0.39, 0.29) is 11.7 Å². The number of carboxylic acids is 1. The molecule has 1 N–H and O–H groups in total. The monoisotopic (exact) mass is 274 g/mol. The second-order valence-electron chi connectivity index (χ2n) is 5.15. The predicted octanol–water partition coefficient (Wildman–Crippen LogP) is 2.26. The molecule has 5 heteroatoms. The minimum atomic E-state index is -0.746. The Balaban J connectivity index is 1.82. The molecule has 4 nitrogen and oxygen atoms in total. The molecule has 1 aliphatic rings. The predicted molar refractivity (Wildman–Crippen MR) is 70.9 cm³/mol. The number of hydrogen-bond acceptors (Lipinski definition) is 2. The largest absolute Gasteiger partial charge is 0.481 e. The van der Waals surface area contributed by atoms with Gasteiger partial charge in [0.1, 0.15) is 11.6 Å². The third-order valence-corrected chi connectivity index (χ3v) is 3.78. The van der Waals surface area contributed by atoms with Crippen molar-refractivity contribution in [2.24, 2.45) is 5.92 Å². The number of aromatic nitrogens is 2. The SMILES string of the molecule is O=C(O)C1CCn2c(cnc2Cc2cccc(F)c2)C1. The van der Waals surface area contributed by atoms with E-state index in [0.29, 0.717) is 25.8 Å². The van der Waals surface area contributed by atoms with Crippen molar-refractivity contribution in [2.75, 3.05) is 0 Å². The zero-order valence-corrected chi connectivity index (χ0v) is 10.9. The fourth-order valence-corrected chi connectivity index (χ4v) is 2.71. The maximum Gasteiger partial charge on any atom is 0.306 e. The summed E-state index contributed by atoms with van der Waals surface area (Å²) in [6.07, 6.45) is 3.44. The fourth-order valence-electron chi connectivity index (χ4n) is 2.71. The topological polar surface area (TPSA) is 55.1 Å². The number of benzene rings is 1. The van der Waals surface area contributed by atoms with E-state index in [9.17, 15) is 9.18 Å². The Kier molecular flexibility index (Phi) is 3.26. The second kappa shape index (κ2) is 5.07. The lowest BCUT2D eigenvalue weighted by Gasteiger charge is -2.22. The van der Waals surface area contributed by atoms with E-state index in [1.807, 2.05) is 6.07 Å². The van der Waals surface area contributed by atoms with Gasteiger partial charge in [-0.15, -0.1) is 0 Å². The molecule has 1 aromatic carbocycles. The van der Waals surface area contributed by atoms with Crippen LogP contribution in [0.4, 0.5) is 4.39 Å². The maximum atomic E-state index is 13.2. The van der Waals surface area contributed by atoms with Crippen molar-refractivity contribution in [3.05, 3.63) is 53.4 Å². The third-order valence-electron chi connectivity index (χ3n) is 3.78. The van der Waals surface area contributed by atoms with Crippen molar-refractivity contribution >= 4 is 5.97 Å². The van der Waals surface area contributed by atoms with Gasteiger partial charge in [0, 0.05) is 31.3 Å². The van der Waals surface area contributed by atoms with Crippen LogP contribution in [0, 0.1) is 11.7 Å². The van der Waals surface area contributed by atoms with Crippen LogP contribution >= 0.6 is 0 Å². The zero-order valence-electron chi connectivity index (χ0n) is 10.9. The molecule has 0 fully saturated rings. The summed E-state index contributed by atoms with van der Waals surface area (Å²) in [6.45, 7) is 0.664. The molecule has 0 amide bonds. The molecule has 0 radical (unpaired) electrons. The van der Waals surface area contributed by atoms with Crippen molar-refractivity contribution in [1.82, 2.24) is 9.55 Å². The number of nitrogens with zero attached hydrogens (tertiary/aromatic N) is 2. The quantitative estimate of drug-likeness (QED) is 0.934. The molecule has 3 rings (SSSR count). The molecule has 0 spiro atoms. The van der Waals surface area contributed by atoms with Crippen LogP contribution in [0.2, 0.25) is 0 Å². The van der Waals surface area contributed by atoms with Gasteiger partial charge in [0.05, 0.1) is 5.92 Å². The van der Waals surface area contributed by atoms with E-state index in [1.54, 1.807) is 12.3 Å². The molecule has 1 atom stereocenters.